The molecule has 0 aliphatic carbocycles. The Hall–Kier alpha value is -1.33. The van der Waals surface area contributed by atoms with E-state index in [2.05, 4.69) is 21.0 Å². The van der Waals surface area contributed by atoms with E-state index >= 15 is 0 Å². The van der Waals surface area contributed by atoms with Gasteiger partial charge in [0.25, 0.3) is 0 Å². The molecule has 0 spiro atoms. The zero-order valence-corrected chi connectivity index (χ0v) is 11.9. The van der Waals surface area contributed by atoms with Crippen LogP contribution in [0.2, 0.25) is 5.15 Å². The molecule has 18 heavy (non-hydrogen) atoms. The molecule has 0 amide bonds. The minimum atomic E-state index is -0.471. The molecule has 0 radical (unpaired) electrons. The minimum absolute atomic E-state index is 0.236. The molecule has 0 aliphatic rings. The summed E-state index contributed by atoms with van der Waals surface area (Å²) in [7, 11) is 0. The Balaban J connectivity index is 2.43. The van der Waals surface area contributed by atoms with Gasteiger partial charge in [-0.05, 0) is 35.0 Å². The van der Waals surface area contributed by atoms with Crippen molar-refractivity contribution in [2.24, 2.45) is 0 Å². The second kappa shape index (κ2) is 5.54. The van der Waals surface area contributed by atoms with Crippen LogP contribution in [0, 0.1) is 0 Å². The van der Waals surface area contributed by atoms with Crippen molar-refractivity contribution in [1.82, 2.24) is 9.78 Å². The van der Waals surface area contributed by atoms with Crippen LogP contribution in [0.5, 0.6) is 0 Å². The van der Waals surface area contributed by atoms with Crippen molar-refractivity contribution in [2.75, 3.05) is 6.61 Å². The number of ether oxygens (including phenoxy) is 1. The predicted molar refractivity (Wildman–Crippen MR) is 72.2 cm³/mol. The van der Waals surface area contributed by atoms with Crippen LogP contribution in [-0.2, 0) is 4.74 Å². The molecule has 0 atom stereocenters. The number of carbonyl (C=O) groups excluding carboxylic acids is 1. The van der Waals surface area contributed by atoms with Gasteiger partial charge in [-0.15, -0.1) is 0 Å². The molecule has 0 saturated carbocycles. The van der Waals surface area contributed by atoms with E-state index in [-0.39, 0.29) is 10.7 Å². The van der Waals surface area contributed by atoms with E-state index < -0.39 is 5.97 Å². The highest BCUT2D eigenvalue weighted by atomic mass is 79.9. The monoisotopic (exact) mass is 328 g/mol. The van der Waals surface area contributed by atoms with Crippen molar-refractivity contribution in [3.05, 3.63) is 45.7 Å². The van der Waals surface area contributed by atoms with Crippen molar-refractivity contribution < 1.29 is 9.53 Å². The van der Waals surface area contributed by atoms with Crippen molar-refractivity contribution >= 4 is 33.5 Å². The summed E-state index contributed by atoms with van der Waals surface area (Å²) < 4.78 is 7.22. The number of hydrogen-bond donors (Lipinski definition) is 0. The summed E-state index contributed by atoms with van der Waals surface area (Å²) in [6.45, 7) is 2.04. The largest absolute Gasteiger partial charge is 0.462 e. The van der Waals surface area contributed by atoms with Gasteiger partial charge in [-0.25, -0.2) is 9.48 Å². The van der Waals surface area contributed by atoms with Crippen LogP contribution < -0.4 is 0 Å². The fraction of sp³-hybridized carbons (Fsp3) is 0.167. The average molecular weight is 330 g/mol. The molecule has 2 rings (SSSR count). The van der Waals surface area contributed by atoms with Gasteiger partial charge in [0.1, 0.15) is 10.7 Å². The normalized spacial score (nSPS) is 10.4. The number of esters is 1. The number of para-hydroxylation sites is 1. The first-order valence-corrected chi connectivity index (χ1v) is 6.47. The Labute approximate surface area is 118 Å². The maximum Gasteiger partial charge on any atom is 0.342 e. The molecule has 1 aromatic heterocycles. The number of hydrogen-bond acceptors (Lipinski definition) is 3. The lowest BCUT2D eigenvalue weighted by atomic mass is 10.3. The minimum Gasteiger partial charge on any atom is -0.462 e. The molecule has 0 aliphatic heterocycles. The third kappa shape index (κ3) is 2.42. The van der Waals surface area contributed by atoms with Gasteiger partial charge in [0.15, 0.2) is 0 Å². The Morgan fingerprint density at radius 3 is 2.89 bits per heavy atom. The summed E-state index contributed by atoms with van der Waals surface area (Å²) >= 11 is 9.55. The summed E-state index contributed by atoms with van der Waals surface area (Å²) in [6, 6.07) is 7.47. The number of nitrogens with zero attached hydrogens (tertiary/aromatic N) is 2. The lowest BCUT2D eigenvalue weighted by Crippen LogP contribution is -2.05. The van der Waals surface area contributed by atoms with Crippen molar-refractivity contribution in [1.29, 1.82) is 0 Å². The summed E-state index contributed by atoms with van der Waals surface area (Å²) in [5, 5.41) is 4.34. The Morgan fingerprint density at radius 2 is 2.22 bits per heavy atom. The Morgan fingerprint density at radius 1 is 1.50 bits per heavy atom. The lowest BCUT2D eigenvalue weighted by molar-refractivity contribution is 0.0526. The molecular weight excluding hydrogens is 320 g/mol. The van der Waals surface area contributed by atoms with E-state index in [9.17, 15) is 4.79 Å². The van der Waals surface area contributed by atoms with E-state index in [1.807, 2.05) is 24.3 Å². The van der Waals surface area contributed by atoms with E-state index in [1.165, 1.54) is 10.9 Å². The lowest BCUT2D eigenvalue weighted by Gasteiger charge is -2.05. The number of rotatable bonds is 3. The predicted octanol–water partition coefficient (Wildman–Crippen LogP) is 3.46. The van der Waals surface area contributed by atoms with E-state index in [4.69, 9.17) is 16.3 Å². The maximum absolute atomic E-state index is 11.6. The standard InChI is InChI=1S/C12H10BrClN2O2/c1-2-18-12(17)8-7-15-16(11(8)14)10-6-4-3-5-9(10)13/h3-7H,2H2,1H3. The van der Waals surface area contributed by atoms with Gasteiger partial charge in [0.2, 0.25) is 0 Å². The molecule has 0 bridgehead atoms. The highest BCUT2D eigenvalue weighted by molar-refractivity contribution is 9.10. The summed E-state index contributed by atoms with van der Waals surface area (Å²) in [5.74, 6) is -0.471. The molecule has 1 heterocycles. The van der Waals surface area contributed by atoms with Crippen LogP contribution in [0.4, 0.5) is 0 Å². The van der Waals surface area contributed by atoms with Crippen molar-refractivity contribution in [2.45, 2.75) is 6.92 Å². The fourth-order valence-electron chi connectivity index (χ4n) is 1.47. The first kappa shape index (κ1) is 13.1. The molecule has 0 fully saturated rings. The molecule has 0 N–H and O–H groups in total. The first-order valence-electron chi connectivity index (χ1n) is 5.30. The Kier molecular flexibility index (Phi) is 4.04. The smallest absolute Gasteiger partial charge is 0.342 e. The summed E-state index contributed by atoms with van der Waals surface area (Å²) in [6.07, 6.45) is 1.40. The topological polar surface area (TPSA) is 44.1 Å². The summed E-state index contributed by atoms with van der Waals surface area (Å²) in [4.78, 5) is 11.6. The van der Waals surface area contributed by atoms with Crippen LogP contribution in [0.15, 0.2) is 34.9 Å². The van der Waals surface area contributed by atoms with Crippen LogP contribution in [0.25, 0.3) is 5.69 Å². The van der Waals surface area contributed by atoms with E-state index in [0.29, 0.717) is 6.61 Å². The number of aromatic nitrogens is 2. The number of halogens is 2. The second-order valence-electron chi connectivity index (χ2n) is 3.43. The van der Waals surface area contributed by atoms with Gasteiger partial charge in [-0.1, -0.05) is 23.7 Å². The Bertz CT molecular complexity index is 583. The van der Waals surface area contributed by atoms with Crippen molar-refractivity contribution in [3.63, 3.8) is 0 Å². The van der Waals surface area contributed by atoms with Crippen LogP contribution >= 0.6 is 27.5 Å². The maximum atomic E-state index is 11.6. The van der Waals surface area contributed by atoms with Gasteiger partial charge < -0.3 is 4.74 Å². The quantitative estimate of drug-likeness (QED) is 0.810. The number of carbonyl (C=O) groups is 1. The number of benzene rings is 1. The van der Waals surface area contributed by atoms with Crippen LogP contribution in [0.3, 0.4) is 0 Å². The van der Waals surface area contributed by atoms with E-state index in [0.717, 1.165) is 10.2 Å². The van der Waals surface area contributed by atoms with Gasteiger partial charge in [-0.2, -0.15) is 5.10 Å². The van der Waals surface area contributed by atoms with Gasteiger partial charge in [0.05, 0.1) is 18.5 Å². The van der Waals surface area contributed by atoms with E-state index in [1.54, 1.807) is 6.92 Å². The highest BCUT2D eigenvalue weighted by Crippen LogP contribution is 2.26. The second-order valence-corrected chi connectivity index (χ2v) is 4.65. The molecule has 2 aromatic rings. The third-order valence-electron chi connectivity index (χ3n) is 2.29. The molecule has 1 aromatic carbocycles. The molecule has 6 heteroatoms. The van der Waals surface area contributed by atoms with Crippen molar-refractivity contribution in [3.8, 4) is 5.69 Å². The van der Waals surface area contributed by atoms with Crippen LogP contribution in [-0.4, -0.2) is 22.4 Å². The third-order valence-corrected chi connectivity index (χ3v) is 3.32. The van der Waals surface area contributed by atoms with Crippen LogP contribution in [0.1, 0.15) is 17.3 Å². The SMILES string of the molecule is CCOC(=O)c1cnn(-c2ccccc2Br)c1Cl. The molecule has 0 saturated heterocycles. The zero-order chi connectivity index (χ0) is 13.1. The highest BCUT2D eigenvalue weighted by Gasteiger charge is 2.18. The molecular formula is C12H10BrClN2O2. The first-order chi connectivity index (χ1) is 8.65. The average Bonchev–Trinajstić information content (AvgIpc) is 2.72. The van der Waals surface area contributed by atoms with Gasteiger partial charge >= 0.3 is 5.97 Å². The molecule has 0 unspecified atom stereocenters. The van der Waals surface area contributed by atoms with Gasteiger partial charge in [-0.3, -0.25) is 0 Å². The summed E-state index contributed by atoms with van der Waals surface area (Å²) in [5.41, 5.74) is 1.02. The van der Waals surface area contributed by atoms with Gasteiger partial charge in [0, 0.05) is 4.47 Å². The molecule has 94 valence electrons. The zero-order valence-electron chi connectivity index (χ0n) is 9.56. The molecule has 4 nitrogen and oxygen atoms in total. The fourth-order valence-corrected chi connectivity index (χ4v) is 2.18.